The molecule has 1 atom stereocenters. The molecular formula is C12H21N3O4. The number of carboxylic acids is 1. The molecule has 0 aliphatic carbocycles. The SMILES string of the molecule is CCCN(CC(=O)O)C(=O)C1CCCN(C(N)=O)C1. The van der Waals surface area contributed by atoms with E-state index in [1.165, 1.54) is 9.80 Å². The number of carbonyl (C=O) groups is 3. The molecule has 0 radical (unpaired) electrons. The molecule has 1 unspecified atom stereocenters. The predicted molar refractivity (Wildman–Crippen MR) is 68.4 cm³/mol. The summed E-state index contributed by atoms with van der Waals surface area (Å²) in [6.45, 7) is 2.86. The number of aliphatic carboxylic acids is 1. The number of rotatable bonds is 5. The Morgan fingerprint density at radius 2 is 2.11 bits per heavy atom. The van der Waals surface area contributed by atoms with E-state index < -0.39 is 12.0 Å². The van der Waals surface area contributed by atoms with Gasteiger partial charge in [-0.15, -0.1) is 0 Å². The molecule has 1 fully saturated rings. The summed E-state index contributed by atoms with van der Waals surface area (Å²) in [7, 11) is 0. The minimum atomic E-state index is -1.02. The van der Waals surface area contributed by atoms with Crippen molar-refractivity contribution in [2.24, 2.45) is 11.7 Å². The van der Waals surface area contributed by atoms with Gasteiger partial charge in [-0.2, -0.15) is 0 Å². The average Bonchev–Trinajstić information content (AvgIpc) is 2.37. The quantitative estimate of drug-likeness (QED) is 0.740. The summed E-state index contributed by atoms with van der Waals surface area (Å²) >= 11 is 0. The topological polar surface area (TPSA) is 104 Å². The summed E-state index contributed by atoms with van der Waals surface area (Å²) in [6, 6.07) is -0.530. The van der Waals surface area contributed by atoms with Crippen molar-refractivity contribution in [2.45, 2.75) is 26.2 Å². The van der Waals surface area contributed by atoms with Crippen LogP contribution < -0.4 is 5.73 Å². The van der Waals surface area contributed by atoms with E-state index in [2.05, 4.69) is 0 Å². The van der Waals surface area contributed by atoms with Crippen molar-refractivity contribution in [1.29, 1.82) is 0 Å². The molecule has 7 heteroatoms. The van der Waals surface area contributed by atoms with Crippen molar-refractivity contribution in [3.8, 4) is 0 Å². The first kappa shape index (κ1) is 15.3. The number of amides is 3. The van der Waals surface area contributed by atoms with Crippen LogP contribution in [0.1, 0.15) is 26.2 Å². The fourth-order valence-corrected chi connectivity index (χ4v) is 2.34. The van der Waals surface area contributed by atoms with Gasteiger partial charge in [0.05, 0.1) is 5.92 Å². The van der Waals surface area contributed by atoms with Gasteiger partial charge < -0.3 is 20.6 Å². The van der Waals surface area contributed by atoms with Gasteiger partial charge >= 0.3 is 12.0 Å². The molecule has 0 aromatic carbocycles. The first-order valence-electron chi connectivity index (χ1n) is 6.50. The van der Waals surface area contributed by atoms with E-state index in [9.17, 15) is 14.4 Å². The zero-order valence-electron chi connectivity index (χ0n) is 11.2. The van der Waals surface area contributed by atoms with Crippen LogP contribution in [0.15, 0.2) is 0 Å². The van der Waals surface area contributed by atoms with Gasteiger partial charge in [0.25, 0.3) is 0 Å². The number of primary amides is 1. The van der Waals surface area contributed by atoms with Gasteiger partial charge in [0.15, 0.2) is 0 Å². The number of likely N-dealkylation sites (tertiary alicyclic amines) is 1. The Morgan fingerprint density at radius 3 is 2.63 bits per heavy atom. The lowest BCUT2D eigenvalue weighted by Gasteiger charge is -2.33. The van der Waals surface area contributed by atoms with E-state index >= 15 is 0 Å². The van der Waals surface area contributed by atoms with Gasteiger partial charge in [0.2, 0.25) is 5.91 Å². The normalized spacial score (nSPS) is 19.0. The van der Waals surface area contributed by atoms with E-state index in [1.54, 1.807) is 0 Å². The van der Waals surface area contributed by atoms with Crippen LogP contribution >= 0.6 is 0 Å². The highest BCUT2D eigenvalue weighted by Gasteiger charge is 2.30. The fraction of sp³-hybridized carbons (Fsp3) is 0.750. The van der Waals surface area contributed by atoms with Crippen LogP contribution in [0.3, 0.4) is 0 Å². The molecule has 19 heavy (non-hydrogen) atoms. The maximum atomic E-state index is 12.3. The number of hydrogen-bond acceptors (Lipinski definition) is 3. The van der Waals surface area contributed by atoms with Gasteiger partial charge in [-0.1, -0.05) is 6.92 Å². The van der Waals surface area contributed by atoms with E-state index in [4.69, 9.17) is 10.8 Å². The van der Waals surface area contributed by atoms with Gasteiger partial charge in [-0.25, -0.2) is 4.79 Å². The van der Waals surface area contributed by atoms with Gasteiger partial charge in [0.1, 0.15) is 6.54 Å². The summed E-state index contributed by atoms with van der Waals surface area (Å²) < 4.78 is 0. The molecule has 0 aromatic rings. The Morgan fingerprint density at radius 1 is 1.42 bits per heavy atom. The lowest BCUT2D eigenvalue weighted by atomic mass is 9.96. The van der Waals surface area contributed by atoms with Crippen molar-refractivity contribution in [3.63, 3.8) is 0 Å². The number of nitrogens with zero attached hydrogens (tertiary/aromatic N) is 2. The van der Waals surface area contributed by atoms with E-state index in [0.29, 0.717) is 32.4 Å². The Kier molecular flexibility index (Phi) is 5.59. The van der Waals surface area contributed by atoms with Crippen LogP contribution in [0, 0.1) is 5.92 Å². The monoisotopic (exact) mass is 271 g/mol. The summed E-state index contributed by atoms with van der Waals surface area (Å²) in [6.07, 6.45) is 2.08. The van der Waals surface area contributed by atoms with Crippen molar-refractivity contribution in [1.82, 2.24) is 9.80 Å². The lowest BCUT2D eigenvalue weighted by molar-refractivity contribution is -0.147. The predicted octanol–water partition coefficient (Wildman–Crippen LogP) is 0.100. The zero-order chi connectivity index (χ0) is 14.4. The van der Waals surface area contributed by atoms with Gasteiger partial charge in [-0.3, -0.25) is 9.59 Å². The molecule has 1 aliphatic rings. The number of urea groups is 1. The highest BCUT2D eigenvalue weighted by Crippen LogP contribution is 2.18. The molecule has 1 aliphatic heterocycles. The number of hydrogen-bond donors (Lipinski definition) is 2. The molecule has 0 saturated carbocycles. The minimum Gasteiger partial charge on any atom is -0.480 e. The third kappa shape index (κ3) is 4.42. The zero-order valence-corrected chi connectivity index (χ0v) is 11.2. The highest BCUT2D eigenvalue weighted by molar-refractivity contribution is 5.84. The fourth-order valence-electron chi connectivity index (χ4n) is 2.34. The molecule has 0 aromatic heterocycles. The second-order valence-electron chi connectivity index (χ2n) is 4.78. The summed E-state index contributed by atoms with van der Waals surface area (Å²) in [5.41, 5.74) is 5.21. The molecule has 3 N–H and O–H groups in total. The van der Waals surface area contributed by atoms with E-state index in [-0.39, 0.29) is 24.9 Å². The van der Waals surface area contributed by atoms with Crippen molar-refractivity contribution < 1.29 is 19.5 Å². The van der Waals surface area contributed by atoms with Crippen LogP contribution in [0.2, 0.25) is 0 Å². The van der Waals surface area contributed by atoms with Gasteiger partial charge in [-0.05, 0) is 19.3 Å². The molecule has 1 saturated heterocycles. The minimum absolute atomic E-state index is 0.199. The maximum absolute atomic E-state index is 12.3. The van der Waals surface area contributed by atoms with Crippen LogP contribution in [0.5, 0.6) is 0 Å². The third-order valence-electron chi connectivity index (χ3n) is 3.21. The highest BCUT2D eigenvalue weighted by atomic mass is 16.4. The Balaban J connectivity index is 2.67. The summed E-state index contributed by atoms with van der Waals surface area (Å²) in [5, 5.41) is 8.82. The third-order valence-corrected chi connectivity index (χ3v) is 3.21. The van der Waals surface area contributed by atoms with Crippen LogP contribution in [0.4, 0.5) is 4.79 Å². The number of piperidine rings is 1. The van der Waals surface area contributed by atoms with Crippen molar-refractivity contribution in [2.75, 3.05) is 26.2 Å². The molecular weight excluding hydrogens is 250 g/mol. The Bertz CT molecular complexity index is 359. The number of nitrogens with two attached hydrogens (primary N) is 1. The number of carbonyl (C=O) groups excluding carboxylic acids is 2. The molecule has 3 amide bonds. The Labute approximate surface area is 112 Å². The first-order chi connectivity index (χ1) is 8.95. The van der Waals surface area contributed by atoms with Crippen LogP contribution in [-0.4, -0.2) is 59.0 Å². The molecule has 0 bridgehead atoms. The van der Waals surface area contributed by atoms with E-state index in [1.807, 2.05) is 6.92 Å². The molecule has 108 valence electrons. The standard InChI is InChI=1S/C12H21N3O4/c1-2-5-14(8-10(16)17)11(18)9-4-3-6-15(7-9)12(13)19/h9H,2-8H2,1H3,(H2,13,19)(H,16,17). The molecule has 1 heterocycles. The molecule has 0 spiro atoms. The second kappa shape index (κ2) is 6.96. The lowest BCUT2D eigenvalue weighted by Crippen LogP contribution is -2.49. The van der Waals surface area contributed by atoms with Crippen LogP contribution in [-0.2, 0) is 9.59 Å². The maximum Gasteiger partial charge on any atom is 0.323 e. The van der Waals surface area contributed by atoms with E-state index in [0.717, 1.165) is 0 Å². The summed E-state index contributed by atoms with van der Waals surface area (Å²) in [5.74, 6) is -1.56. The largest absolute Gasteiger partial charge is 0.480 e. The summed E-state index contributed by atoms with van der Waals surface area (Å²) in [4.78, 5) is 37.0. The first-order valence-corrected chi connectivity index (χ1v) is 6.50. The molecule has 1 rings (SSSR count). The van der Waals surface area contributed by atoms with Crippen molar-refractivity contribution >= 4 is 17.9 Å². The Hall–Kier alpha value is -1.79. The number of carboxylic acid groups (broad SMARTS) is 1. The van der Waals surface area contributed by atoms with Gasteiger partial charge in [0, 0.05) is 19.6 Å². The van der Waals surface area contributed by atoms with Crippen molar-refractivity contribution in [3.05, 3.63) is 0 Å². The van der Waals surface area contributed by atoms with Crippen LogP contribution in [0.25, 0.3) is 0 Å². The average molecular weight is 271 g/mol. The molecule has 7 nitrogen and oxygen atoms in total. The smallest absolute Gasteiger partial charge is 0.323 e. The second-order valence-corrected chi connectivity index (χ2v) is 4.78.